The predicted molar refractivity (Wildman–Crippen MR) is 104 cm³/mol. The first-order valence-corrected chi connectivity index (χ1v) is 9.02. The number of furan rings is 1. The summed E-state index contributed by atoms with van der Waals surface area (Å²) in [5, 5.41) is 2.80. The highest BCUT2D eigenvalue weighted by atomic mass is 127. The van der Waals surface area contributed by atoms with E-state index in [0.29, 0.717) is 5.76 Å². The predicted octanol–water partition coefficient (Wildman–Crippen LogP) is 5.48. The topological polar surface area (TPSA) is 51.5 Å². The van der Waals surface area contributed by atoms with Gasteiger partial charge in [0.25, 0.3) is 5.91 Å². The number of rotatable bonds is 5. The molecule has 0 aliphatic carbocycles. The highest BCUT2D eigenvalue weighted by molar-refractivity contribution is 14.1. The molecule has 1 N–H and O–H groups in total. The van der Waals surface area contributed by atoms with Gasteiger partial charge in [-0.25, -0.2) is 0 Å². The minimum absolute atomic E-state index is 0.249. The van der Waals surface area contributed by atoms with E-state index in [1.54, 1.807) is 12.1 Å². The van der Waals surface area contributed by atoms with Crippen LogP contribution >= 0.6 is 38.5 Å². The van der Waals surface area contributed by atoms with E-state index in [1.807, 2.05) is 48.5 Å². The van der Waals surface area contributed by atoms with E-state index in [1.165, 1.54) is 0 Å². The van der Waals surface area contributed by atoms with Crippen LogP contribution in [-0.2, 0) is 6.61 Å². The number of hydrogen-bond donors (Lipinski definition) is 1. The van der Waals surface area contributed by atoms with Crippen LogP contribution in [0.25, 0.3) is 0 Å². The van der Waals surface area contributed by atoms with Crippen molar-refractivity contribution in [2.75, 3.05) is 5.32 Å². The molecule has 1 amide bonds. The van der Waals surface area contributed by atoms with Crippen molar-refractivity contribution < 1.29 is 13.9 Å². The third-order valence-electron chi connectivity index (χ3n) is 3.19. The van der Waals surface area contributed by atoms with E-state index in [-0.39, 0.29) is 18.3 Å². The highest BCUT2D eigenvalue weighted by Gasteiger charge is 2.12. The molecular formula is C18H13BrINO3. The maximum absolute atomic E-state index is 12.2. The molecule has 0 fully saturated rings. The molecule has 1 heterocycles. The van der Waals surface area contributed by atoms with Crippen LogP contribution in [0.2, 0.25) is 0 Å². The number of nitrogens with one attached hydrogen (secondary N) is 1. The van der Waals surface area contributed by atoms with Crippen LogP contribution in [0.3, 0.4) is 0 Å². The van der Waals surface area contributed by atoms with Crippen molar-refractivity contribution >= 4 is 50.1 Å². The zero-order chi connectivity index (χ0) is 16.9. The molecule has 0 spiro atoms. The summed E-state index contributed by atoms with van der Waals surface area (Å²) < 4.78 is 13.2. The lowest BCUT2D eigenvalue weighted by molar-refractivity contribution is 0.0992. The van der Waals surface area contributed by atoms with E-state index in [2.05, 4.69) is 43.8 Å². The minimum atomic E-state index is -0.289. The first-order chi connectivity index (χ1) is 11.6. The summed E-state index contributed by atoms with van der Waals surface area (Å²) in [6, 6.07) is 18.5. The molecule has 0 bridgehead atoms. The lowest BCUT2D eigenvalue weighted by atomic mass is 10.3. The van der Waals surface area contributed by atoms with Crippen LogP contribution in [0, 0.1) is 3.57 Å². The Labute approximate surface area is 161 Å². The van der Waals surface area contributed by atoms with Crippen molar-refractivity contribution in [1.29, 1.82) is 0 Å². The third kappa shape index (κ3) is 4.39. The lowest BCUT2D eigenvalue weighted by Crippen LogP contribution is -2.10. The van der Waals surface area contributed by atoms with Gasteiger partial charge in [0.05, 0.1) is 4.47 Å². The quantitative estimate of drug-likeness (QED) is 0.475. The highest BCUT2D eigenvalue weighted by Crippen LogP contribution is 2.25. The fraction of sp³-hybridized carbons (Fsp3) is 0.0556. The fourth-order valence-electron chi connectivity index (χ4n) is 2.01. The van der Waals surface area contributed by atoms with Crippen LogP contribution < -0.4 is 10.1 Å². The van der Waals surface area contributed by atoms with Gasteiger partial charge in [-0.1, -0.05) is 12.1 Å². The molecule has 1 aromatic heterocycles. The summed E-state index contributed by atoms with van der Waals surface area (Å²) in [6.45, 7) is 0.249. The number of carbonyl (C=O) groups is 1. The summed E-state index contributed by atoms with van der Waals surface area (Å²) >= 11 is 5.63. The number of halogens is 2. The molecule has 0 atom stereocenters. The van der Waals surface area contributed by atoms with Crippen LogP contribution in [-0.4, -0.2) is 5.91 Å². The van der Waals surface area contributed by atoms with Crippen molar-refractivity contribution in [3.8, 4) is 5.75 Å². The second-order valence-corrected chi connectivity index (χ2v) is 7.05. The Morgan fingerprint density at radius 1 is 1.08 bits per heavy atom. The Hall–Kier alpha value is -1.80. The van der Waals surface area contributed by atoms with Gasteiger partial charge in [-0.05, 0) is 87.1 Å². The molecule has 3 rings (SSSR count). The first-order valence-electron chi connectivity index (χ1n) is 7.15. The van der Waals surface area contributed by atoms with Crippen LogP contribution in [0.5, 0.6) is 5.75 Å². The second kappa shape index (κ2) is 7.85. The average Bonchev–Trinajstić information content (AvgIpc) is 3.05. The molecule has 4 nitrogen and oxygen atoms in total. The Balaban J connectivity index is 1.61. The first kappa shape index (κ1) is 17.0. The number of carbonyl (C=O) groups excluding carboxylic acids is 1. The number of benzene rings is 2. The van der Waals surface area contributed by atoms with Gasteiger partial charge in [0, 0.05) is 9.26 Å². The van der Waals surface area contributed by atoms with E-state index in [0.717, 1.165) is 19.5 Å². The summed E-state index contributed by atoms with van der Waals surface area (Å²) in [7, 11) is 0. The molecular weight excluding hydrogens is 485 g/mol. The zero-order valence-electron chi connectivity index (χ0n) is 12.5. The molecule has 0 radical (unpaired) electrons. The SMILES string of the molecule is O=C(Nc1ccc(I)cc1)c1ccc(COc2ccccc2Br)o1. The van der Waals surface area contributed by atoms with Crippen molar-refractivity contribution in [2.45, 2.75) is 6.61 Å². The van der Waals surface area contributed by atoms with Crippen molar-refractivity contribution in [1.82, 2.24) is 0 Å². The fourth-order valence-corrected chi connectivity index (χ4v) is 2.77. The molecule has 0 aliphatic rings. The molecule has 122 valence electrons. The number of anilines is 1. The van der Waals surface area contributed by atoms with E-state index >= 15 is 0 Å². The Morgan fingerprint density at radius 2 is 1.83 bits per heavy atom. The Bertz CT molecular complexity index is 845. The van der Waals surface area contributed by atoms with Crippen LogP contribution in [0.1, 0.15) is 16.3 Å². The van der Waals surface area contributed by atoms with Gasteiger partial charge < -0.3 is 14.5 Å². The van der Waals surface area contributed by atoms with E-state index in [4.69, 9.17) is 9.15 Å². The van der Waals surface area contributed by atoms with Gasteiger partial charge in [0.15, 0.2) is 5.76 Å². The van der Waals surface area contributed by atoms with Crippen LogP contribution in [0.4, 0.5) is 5.69 Å². The molecule has 0 saturated heterocycles. The van der Waals surface area contributed by atoms with Gasteiger partial charge in [-0.2, -0.15) is 0 Å². The summed E-state index contributed by atoms with van der Waals surface area (Å²) in [6.07, 6.45) is 0. The smallest absolute Gasteiger partial charge is 0.291 e. The van der Waals surface area contributed by atoms with Gasteiger partial charge in [0.2, 0.25) is 0 Å². The van der Waals surface area contributed by atoms with Crippen molar-refractivity contribution in [3.63, 3.8) is 0 Å². The molecule has 3 aromatic rings. The van der Waals surface area contributed by atoms with Crippen LogP contribution in [0.15, 0.2) is 69.6 Å². The summed E-state index contributed by atoms with van der Waals surface area (Å²) in [4.78, 5) is 12.2. The minimum Gasteiger partial charge on any atom is -0.484 e. The molecule has 0 unspecified atom stereocenters. The summed E-state index contributed by atoms with van der Waals surface area (Å²) in [5.41, 5.74) is 0.725. The second-order valence-electron chi connectivity index (χ2n) is 4.95. The van der Waals surface area contributed by atoms with Crippen molar-refractivity contribution in [3.05, 3.63) is 80.2 Å². The normalized spacial score (nSPS) is 10.4. The summed E-state index contributed by atoms with van der Waals surface area (Å²) in [5.74, 6) is 1.26. The number of amides is 1. The Morgan fingerprint density at radius 3 is 2.58 bits per heavy atom. The van der Waals surface area contributed by atoms with E-state index in [9.17, 15) is 4.79 Å². The zero-order valence-corrected chi connectivity index (χ0v) is 16.2. The maximum Gasteiger partial charge on any atom is 0.291 e. The monoisotopic (exact) mass is 497 g/mol. The largest absolute Gasteiger partial charge is 0.484 e. The number of hydrogen-bond acceptors (Lipinski definition) is 3. The van der Waals surface area contributed by atoms with Gasteiger partial charge in [-0.3, -0.25) is 4.79 Å². The lowest BCUT2D eigenvalue weighted by Gasteiger charge is -2.06. The van der Waals surface area contributed by atoms with Gasteiger partial charge in [0.1, 0.15) is 18.1 Å². The third-order valence-corrected chi connectivity index (χ3v) is 4.57. The molecule has 0 aliphatic heterocycles. The maximum atomic E-state index is 12.2. The average molecular weight is 498 g/mol. The molecule has 6 heteroatoms. The van der Waals surface area contributed by atoms with Gasteiger partial charge in [-0.15, -0.1) is 0 Å². The Kier molecular flexibility index (Phi) is 5.57. The molecule has 0 saturated carbocycles. The van der Waals surface area contributed by atoms with Gasteiger partial charge >= 0.3 is 0 Å². The standard InChI is InChI=1S/C18H13BrINO3/c19-15-3-1-2-4-16(15)23-11-14-9-10-17(24-14)18(22)21-13-7-5-12(20)6-8-13/h1-10H,11H2,(H,21,22). The van der Waals surface area contributed by atoms with E-state index < -0.39 is 0 Å². The molecule has 2 aromatic carbocycles. The van der Waals surface area contributed by atoms with Crippen molar-refractivity contribution in [2.24, 2.45) is 0 Å². The molecule has 24 heavy (non-hydrogen) atoms. The number of ether oxygens (including phenoxy) is 1. The number of para-hydroxylation sites is 1.